The number of nitrogens with one attached hydrogen (secondary N) is 2. The molecule has 1 aromatic carbocycles. The first-order valence-corrected chi connectivity index (χ1v) is 5.90. The van der Waals surface area contributed by atoms with E-state index in [1.165, 1.54) is 10.5 Å². The van der Waals surface area contributed by atoms with Gasteiger partial charge in [-0.3, -0.25) is 0 Å². The van der Waals surface area contributed by atoms with Crippen LogP contribution in [0.4, 0.5) is 4.79 Å². The summed E-state index contributed by atoms with van der Waals surface area (Å²) in [5, 5.41) is 6.10. The summed E-state index contributed by atoms with van der Waals surface area (Å²) < 4.78 is 0. The highest BCUT2D eigenvalue weighted by atomic mass is 16.2. The molecule has 0 atom stereocenters. The maximum atomic E-state index is 11.2. The molecule has 0 aromatic heterocycles. The predicted octanol–water partition coefficient (Wildman–Crippen LogP) is 1.09. The third-order valence-electron chi connectivity index (χ3n) is 2.42. The van der Waals surface area contributed by atoms with Gasteiger partial charge in [-0.25, -0.2) is 4.79 Å². The fourth-order valence-corrected chi connectivity index (χ4v) is 1.42. The van der Waals surface area contributed by atoms with E-state index in [1.807, 2.05) is 18.2 Å². The molecule has 1 aromatic rings. The van der Waals surface area contributed by atoms with E-state index in [2.05, 4.69) is 22.8 Å². The lowest BCUT2D eigenvalue weighted by Gasteiger charge is -2.12. The third-order valence-corrected chi connectivity index (χ3v) is 2.42. The first kappa shape index (κ1) is 13.5. The van der Waals surface area contributed by atoms with Gasteiger partial charge < -0.3 is 15.5 Å². The van der Waals surface area contributed by atoms with Crippen molar-refractivity contribution in [3.05, 3.63) is 35.9 Å². The van der Waals surface area contributed by atoms with Crippen molar-refractivity contribution in [1.29, 1.82) is 0 Å². The van der Waals surface area contributed by atoms with Gasteiger partial charge >= 0.3 is 6.03 Å². The van der Waals surface area contributed by atoms with Gasteiger partial charge in [0.1, 0.15) is 0 Å². The maximum Gasteiger partial charge on any atom is 0.316 e. The van der Waals surface area contributed by atoms with Gasteiger partial charge in [0.15, 0.2) is 0 Å². The van der Waals surface area contributed by atoms with E-state index in [1.54, 1.807) is 14.1 Å². The van der Waals surface area contributed by atoms with Crippen LogP contribution in [0.1, 0.15) is 5.56 Å². The molecule has 0 aliphatic carbocycles. The van der Waals surface area contributed by atoms with Gasteiger partial charge in [-0.1, -0.05) is 30.3 Å². The fraction of sp³-hybridized carbons (Fsp3) is 0.462. The molecule has 0 saturated carbocycles. The first-order chi connectivity index (χ1) is 8.20. The molecule has 0 unspecified atom stereocenters. The van der Waals surface area contributed by atoms with Gasteiger partial charge in [0, 0.05) is 27.2 Å². The van der Waals surface area contributed by atoms with Crippen LogP contribution in [0.15, 0.2) is 30.3 Å². The molecule has 4 heteroatoms. The lowest BCUT2D eigenvalue weighted by atomic mass is 10.1. The second-order valence-corrected chi connectivity index (χ2v) is 4.11. The molecule has 0 fully saturated rings. The molecule has 0 heterocycles. The molecule has 4 nitrogen and oxygen atoms in total. The Balaban J connectivity index is 2.00. The quantitative estimate of drug-likeness (QED) is 0.725. The number of rotatable bonds is 6. The van der Waals surface area contributed by atoms with Crippen molar-refractivity contribution in [3.63, 3.8) is 0 Å². The van der Waals surface area contributed by atoms with E-state index in [-0.39, 0.29) is 6.03 Å². The van der Waals surface area contributed by atoms with E-state index in [4.69, 9.17) is 0 Å². The van der Waals surface area contributed by atoms with Crippen LogP contribution >= 0.6 is 0 Å². The fourth-order valence-electron chi connectivity index (χ4n) is 1.42. The molecule has 0 aliphatic rings. The van der Waals surface area contributed by atoms with Crippen LogP contribution in [0.3, 0.4) is 0 Å². The van der Waals surface area contributed by atoms with Crippen LogP contribution in [-0.4, -0.2) is 44.7 Å². The average molecular weight is 235 g/mol. The number of hydrogen-bond acceptors (Lipinski definition) is 2. The molecule has 0 spiro atoms. The topological polar surface area (TPSA) is 44.4 Å². The molecule has 2 N–H and O–H groups in total. The van der Waals surface area contributed by atoms with Gasteiger partial charge in [0.05, 0.1) is 0 Å². The number of urea groups is 1. The van der Waals surface area contributed by atoms with Crippen molar-refractivity contribution in [3.8, 4) is 0 Å². The van der Waals surface area contributed by atoms with Crippen molar-refractivity contribution in [2.45, 2.75) is 6.42 Å². The van der Waals surface area contributed by atoms with Gasteiger partial charge in [-0.05, 0) is 18.5 Å². The Bertz CT molecular complexity index is 325. The van der Waals surface area contributed by atoms with Crippen LogP contribution in [-0.2, 0) is 6.42 Å². The van der Waals surface area contributed by atoms with Crippen LogP contribution in [0.25, 0.3) is 0 Å². The minimum Gasteiger partial charge on any atom is -0.337 e. The Kier molecular flexibility index (Phi) is 6.10. The van der Waals surface area contributed by atoms with Gasteiger partial charge in [0.25, 0.3) is 0 Å². The Labute approximate surface area is 103 Å². The monoisotopic (exact) mass is 235 g/mol. The molecule has 1 rings (SSSR count). The summed E-state index contributed by atoms with van der Waals surface area (Å²) in [5.74, 6) is 0. The summed E-state index contributed by atoms with van der Waals surface area (Å²) in [6.45, 7) is 2.39. The summed E-state index contributed by atoms with van der Waals surface area (Å²) in [5.41, 5.74) is 1.33. The summed E-state index contributed by atoms with van der Waals surface area (Å²) in [4.78, 5) is 12.7. The van der Waals surface area contributed by atoms with Crippen LogP contribution in [0.2, 0.25) is 0 Å². The zero-order chi connectivity index (χ0) is 12.5. The largest absolute Gasteiger partial charge is 0.337 e. The highest BCUT2D eigenvalue weighted by Crippen LogP contribution is 1.97. The number of hydrogen-bond donors (Lipinski definition) is 2. The summed E-state index contributed by atoms with van der Waals surface area (Å²) in [6.07, 6.45) is 1.02. The smallest absolute Gasteiger partial charge is 0.316 e. The highest BCUT2D eigenvalue weighted by molar-refractivity contribution is 5.73. The molecular formula is C13H21N3O. The van der Waals surface area contributed by atoms with Crippen molar-refractivity contribution >= 4 is 6.03 Å². The Hall–Kier alpha value is -1.55. The molecule has 0 radical (unpaired) electrons. The number of benzene rings is 1. The molecule has 0 bridgehead atoms. The van der Waals surface area contributed by atoms with Crippen LogP contribution in [0.5, 0.6) is 0 Å². The molecule has 2 amide bonds. The molecule has 0 aliphatic heterocycles. The number of amides is 2. The lowest BCUT2D eigenvalue weighted by Crippen LogP contribution is -2.38. The minimum absolute atomic E-state index is 0.0464. The van der Waals surface area contributed by atoms with Crippen molar-refractivity contribution in [2.75, 3.05) is 33.7 Å². The van der Waals surface area contributed by atoms with E-state index in [0.717, 1.165) is 19.5 Å². The van der Waals surface area contributed by atoms with Gasteiger partial charge in [-0.2, -0.15) is 0 Å². The summed E-state index contributed by atoms with van der Waals surface area (Å²) >= 11 is 0. The maximum absolute atomic E-state index is 11.2. The van der Waals surface area contributed by atoms with Crippen LogP contribution in [0, 0.1) is 0 Å². The van der Waals surface area contributed by atoms with Crippen molar-refractivity contribution in [2.24, 2.45) is 0 Å². The molecule has 0 saturated heterocycles. The number of carbonyl (C=O) groups excluding carboxylic acids is 1. The molecule has 17 heavy (non-hydrogen) atoms. The molecule has 94 valence electrons. The van der Waals surface area contributed by atoms with E-state index < -0.39 is 0 Å². The lowest BCUT2D eigenvalue weighted by molar-refractivity contribution is 0.217. The predicted molar refractivity (Wildman–Crippen MR) is 70.1 cm³/mol. The highest BCUT2D eigenvalue weighted by Gasteiger charge is 2.00. The standard InChI is InChI=1S/C13H21N3O/c1-16(2)13(17)15-11-10-14-9-8-12-6-4-3-5-7-12/h3-7,14H,8-11H2,1-2H3,(H,15,17). The second-order valence-electron chi connectivity index (χ2n) is 4.11. The summed E-state index contributed by atoms with van der Waals surface area (Å²) in [6, 6.07) is 10.3. The average Bonchev–Trinajstić information content (AvgIpc) is 2.34. The van der Waals surface area contributed by atoms with Crippen molar-refractivity contribution in [1.82, 2.24) is 15.5 Å². The normalized spacial score (nSPS) is 10.0. The first-order valence-electron chi connectivity index (χ1n) is 5.90. The van der Waals surface area contributed by atoms with E-state index >= 15 is 0 Å². The second kappa shape index (κ2) is 7.68. The van der Waals surface area contributed by atoms with E-state index in [0.29, 0.717) is 6.54 Å². The zero-order valence-corrected chi connectivity index (χ0v) is 10.6. The van der Waals surface area contributed by atoms with Gasteiger partial charge in [-0.15, -0.1) is 0 Å². The third kappa shape index (κ3) is 5.92. The zero-order valence-electron chi connectivity index (χ0n) is 10.6. The van der Waals surface area contributed by atoms with Crippen LogP contribution < -0.4 is 10.6 Å². The Morgan fingerprint density at radius 2 is 1.82 bits per heavy atom. The Morgan fingerprint density at radius 3 is 2.47 bits per heavy atom. The summed E-state index contributed by atoms with van der Waals surface area (Å²) in [7, 11) is 3.47. The SMILES string of the molecule is CN(C)C(=O)NCCNCCc1ccccc1. The van der Waals surface area contributed by atoms with Crippen molar-refractivity contribution < 1.29 is 4.79 Å². The number of carbonyl (C=O) groups is 1. The van der Waals surface area contributed by atoms with Gasteiger partial charge in [0.2, 0.25) is 0 Å². The van der Waals surface area contributed by atoms with E-state index in [9.17, 15) is 4.79 Å². The Morgan fingerprint density at radius 1 is 1.12 bits per heavy atom. The molecular weight excluding hydrogens is 214 g/mol. The number of nitrogens with zero attached hydrogens (tertiary/aromatic N) is 1. The minimum atomic E-state index is -0.0464.